The number of amides is 1. The van der Waals surface area contributed by atoms with Crippen LogP contribution in [0.25, 0.3) is 0 Å². The number of aromatic hydroxyl groups is 1. The lowest BCUT2D eigenvalue weighted by Crippen LogP contribution is -2.37. The summed E-state index contributed by atoms with van der Waals surface area (Å²) >= 11 is 0. The first kappa shape index (κ1) is 19.0. The smallest absolute Gasteiger partial charge is 0.255 e. The summed E-state index contributed by atoms with van der Waals surface area (Å²) in [7, 11) is 1.57. The van der Waals surface area contributed by atoms with Gasteiger partial charge in [-0.2, -0.15) is 0 Å². The number of phenolic OH excluding ortho intramolecular Hbond substituents is 1. The molecule has 1 aliphatic carbocycles. The minimum Gasteiger partial charge on any atom is -0.504 e. The Morgan fingerprint density at radius 3 is 2.67 bits per heavy atom. The Balaban J connectivity index is 1.57. The molecule has 0 aromatic heterocycles. The molecule has 3 aliphatic rings. The van der Waals surface area contributed by atoms with Crippen molar-refractivity contribution in [2.45, 2.75) is 37.6 Å². The van der Waals surface area contributed by atoms with Crippen LogP contribution in [0.3, 0.4) is 0 Å². The molecule has 1 saturated heterocycles. The molecule has 0 saturated carbocycles. The summed E-state index contributed by atoms with van der Waals surface area (Å²) < 4.78 is 5.34. The van der Waals surface area contributed by atoms with Crippen LogP contribution in [0, 0.1) is 5.92 Å². The Morgan fingerprint density at radius 1 is 1.10 bits per heavy atom. The SMILES string of the molecule is COc1cccc(C2Nc3c(C(=O)N4CCCCC4)cccc3C3C=CCC32)c1O. The van der Waals surface area contributed by atoms with Crippen molar-refractivity contribution in [2.75, 3.05) is 25.5 Å². The number of nitrogens with zero attached hydrogens (tertiary/aromatic N) is 1. The van der Waals surface area contributed by atoms with E-state index in [1.165, 1.54) is 12.0 Å². The highest BCUT2D eigenvalue weighted by Gasteiger charge is 2.40. The second-order valence-electron chi connectivity index (χ2n) is 8.50. The number of fused-ring (bicyclic) bond motifs is 3. The van der Waals surface area contributed by atoms with Crippen molar-refractivity contribution >= 4 is 11.6 Å². The second kappa shape index (κ2) is 7.71. The summed E-state index contributed by atoms with van der Waals surface area (Å²) in [5.41, 5.74) is 3.64. The van der Waals surface area contributed by atoms with Crippen LogP contribution in [-0.4, -0.2) is 36.1 Å². The molecule has 0 radical (unpaired) electrons. The van der Waals surface area contributed by atoms with Gasteiger partial charge < -0.3 is 20.1 Å². The Bertz CT molecular complexity index is 994. The lowest BCUT2D eigenvalue weighted by molar-refractivity contribution is 0.0725. The van der Waals surface area contributed by atoms with Crippen LogP contribution >= 0.6 is 0 Å². The van der Waals surface area contributed by atoms with Crippen LogP contribution in [0.5, 0.6) is 11.5 Å². The van der Waals surface area contributed by atoms with Crippen molar-refractivity contribution in [3.05, 3.63) is 65.2 Å². The Labute approximate surface area is 177 Å². The van der Waals surface area contributed by atoms with E-state index in [2.05, 4.69) is 23.5 Å². The number of para-hydroxylation sites is 2. The average Bonchev–Trinajstić information content (AvgIpc) is 3.29. The fourth-order valence-electron chi connectivity index (χ4n) is 5.33. The lowest BCUT2D eigenvalue weighted by Gasteiger charge is -2.39. The van der Waals surface area contributed by atoms with E-state index in [4.69, 9.17) is 4.74 Å². The van der Waals surface area contributed by atoms with Crippen LogP contribution in [0.2, 0.25) is 0 Å². The third kappa shape index (κ3) is 3.04. The maximum Gasteiger partial charge on any atom is 0.255 e. The maximum absolute atomic E-state index is 13.4. The van der Waals surface area contributed by atoms with Gasteiger partial charge in [0.15, 0.2) is 11.5 Å². The monoisotopic (exact) mass is 404 g/mol. The molecule has 0 bridgehead atoms. The summed E-state index contributed by atoms with van der Waals surface area (Å²) in [6, 6.07) is 11.6. The molecule has 156 valence electrons. The highest BCUT2D eigenvalue weighted by Crippen LogP contribution is 2.52. The zero-order chi connectivity index (χ0) is 20.7. The number of benzene rings is 2. The molecule has 3 unspecified atom stereocenters. The fourth-order valence-corrected chi connectivity index (χ4v) is 5.33. The number of piperidine rings is 1. The van der Waals surface area contributed by atoms with Gasteiger partial charge in [0, 0.05) is 24.6 Å². The summed E-state index contributed by atoms with van der Waals surface area (Å²) in [5.74, 6) is 1.27. The van der Waals surface area contributed by atoms with Crippen LogP contribution in [0.15, 0.2) is 48.6 Å². The summed E-state index contributed by atoms with van der Waals surface area (Å²) in [6.45, 7) is 1.66. The molecule has 30 heavy (non-hydrogen) atoms. The third-order valence-electron chi connectivity index (χ3n) is 6.86. The zero-order valence-corrected chi connectivity index (χ0v) is 17.3. The average molecular weight is 405 g/mol. The number of anilines is 1. The maximum atomic E-state index is 13.4. The van der Waals surface area contributed by atoms with Gasteiger partial charge in [-0.05, 0) is 49.3 Å². The number of hydrogen-bond donors (Lipinski definition) is 2. The highest BCUT2D eigenvalue weighted by atomic mass is 16.5. The molecular formula is C25H28N2O3. The topological polar surface area (TPSA) is 61.8 Å². The lowest BCUT2D eigenvalue weighted by atomic mass is 9.76. The molecule has 1 fully saturated rings. The van der Waals surface area contributed by atoms with Gasteiger partial charge in [-0.25, -0.2) is 0 Å². The molecule has 2 aromatic carbocycles. The second-order valence-corrected chi connectivity index (χ2v) is 8.50. The number of ether oxygens (including phenoxy) is 1. The van der Waals surface area contributed by atoms with E-state index >= 15 is 0 Å². The van der Waals surface area contributed by atoms with Gasteiger partial charge in [-0.3, -0.25) is 4.79 Å². The van der Waals surface area contributed by atoms with Crippen molar-refractivity contribution in [3.63, 3.8) is 0 Å². The number of phenols is 1. The molecule has 5 rings (SSSR count). The van der Waals surface area contributed by atoms with E-state index in [0.29, 0.717) is 5.75 Å². The highest BCUT2D eigenvalue weighted by molar-refractivity contribution is 6.01. The molecule has 2 aliphatic heterocycles. The number of likely N-dealkylation sites (tertiary alicyclic amines) is 1. The third-order valence-corrected chi connectivity index (χ3v) is 6.86. The van der Waals surface area contributed by atoms with Crippen LogP contribution in [-0.2, 0) is 0 Å². The van der Waals surface area contributed by atoms with E-state index in [0.717, 1.165) is 49.2 Å². The van der Waals surface area contributed by atoms with Gasteiger partial charge in [-0.1, -0.05) is 36.4 Å². The quantitative estimate of drug-likeness (QED) is 0.718. The van der Waals surface area contributed by atoms with Gasteiger partial charge in [0.2, 0.25) is 0 Å². The minimum atomic E-state index is -0.0945. The van der Waals surface area contributed by atoms with Gasteiger partial charge in [0.1, 0.15) is 0 Å². The number of hydrogen-bond acceptors (Lipinski definition) is 4. The van der Waals surface area contributed by atoms with Crippen LogP contribution in [0.4, 0.5) is 5.69 Å². The van der Waals surface area contributed by atoms with Gasteiger partial charge in [0.05, 0.1) is 24.4 Å². The van der Waals surface area contributed by atoms with Crippen molar-refractivity contribution in [1.82, 2.24) is 4.90 Å². The standard InChI is InChI=1S/C25H28N2O3/c1-30-21-13-7-11-19(24(21)28)22-17-9-5-8-16(17)18-10-6-12-20(23(18)26-22)25(29)27-14-3-2-4-15-27/h5-8,10-13,16-17,22,26,28H,2-4,9,14-15H2,1H3. The summed E-state index contributed by atoms with van der Waals surface area (Å²) in [5, 5.41) is 14.5. The molecular weight excluding hydrogens is 376 g/mol. The van der Waals surface area contributed by atoms with Gasteiger partial charge in [-0.15, -0.1) is 0 Å². The first-order valence-electron chi connectivity index (χ1n) is 10.9. The Kier molecular flexibility index (Phi) is 4.89. The molecule has 2 aromatic rings. The fraction of sp³-hybridized carbons (Fsp3) is 0.400. The number of allylic oxidation sites excluding steroid dienone is 2. The largest absolute Gasteiger partial charge is 0.504 e. The molecule has 5 heteroatoms. The molecule has 1 amide bonds. The van der Waals surface area contributed by atoms with E-state index < -0.39 is 0 Å². The molecule has 3 atom stereocenters. The summed E-state index contributed by atoms with van der Waals surface area (Å²) in [4.78, 5) is 15.4. The molecule has 0 spiro atoms. The van der Waals surface area contributed by atoms with Crippen molar-refractivity contribution in [2.24, 2.45) is 5.92 Å². The van der Waals surface area contributed by atoms with Gasteiger partial charge in [0.25, 0.3) is 5.91 Å². The van der Waals surface area contributed by atoms with Crippen molar-refractivity contribution in [3.8, 4) is 11.5 Å². The zero-order valence-electron chi connectivity index (χ0n) is 17.3. The number of carbonyl (C=O) groups excluding carboxylic acids is 1. The summed E-state index contributed by atoms with van der Waals surface area (Å²) in [6.07, 6.45) is 8.74. The Morgan fingerprint density at radius 2 is 1.87 bits per heavy atom. The first-order valence-corrected chi connectivity index (χ1v) is 10.9. The Hall–Kier alpha value is -2.95. The number of methoxy groups -OCH3 is 1. The van der Waals surface area contributed by atoms with Gasteiger partial charge >= 0.3 is 0 Å². The van der Waals surface area contributed by atoms with E-state index in [-0.39, 0.29) is 29.5 Å². The molecule has 2 heterocycles. The van der Waals surface area contributed by atoms with E-state index in [1.54, 1.807) is 13.2 Å². The van der Waals surface area contributed by atoms with E-state index in [9.17, 15) is 9.90 Å². The van der Waals surface area contributed by atoms with Crippen molar-refractivity contribution in [1.29, 1.82) is 0 Å². The minimum absolute atomic E-state index is 0.0945. The predicted molar refractivity (Wildman–Crippen MR) is 117 cm³/mol. The van der Waals surface area contributed by atoms with E-state index in [1.807, 2.05) is 29.2 Å². The number of rotatable bonds is 3. The van der Waals surface area contributed by atoms with Crippen molar-refractivity contribution < 1.29 is 14.6 Å². The predicted octanol–water partition coefficient (Wildman–Crippen LogP) is 4.85. The number of carbonyl (C=O) groups is 1. The number of nitrogens with one attached hydrogen (secondary N) is 1. The molecule has 2 N–H and O–H groups in total. The molecule has 5 nitrogen and oxygen atoms in total. The normalized spacial score (nSPS) is 24.7. The van der Waals surface area contributed by atoms with Crippen LogP contribution in [0.1, 0.15) is 59.1 Å². The van der Waals surface area contributed by atoms with Crippen LogP contribution < -0.4 is 10.1 Å². The first-order chi connectivity index (χ1) is 14.7.